The van der Waals surface area contributed by atoms with Gasteiger partial charge in [0, 0.05) is 30.4 Å². The van der Waals surface area contributed by atoms with Crippen LogP contribution < -0.4 is 0 Å². The lowest BCUT2D eigenvalue weighted by Gasteiger charge is -2.03. The molecule has 88 valence electrons. The Kier molecular flexibility index (Phi) is 2.41. The van der Waals surface area contributed by atoms with Crippen molar-refractivity contribution in [3.63, 3.8) is 0 Å². The summed E-state index contributed by atoms with van der Waals surface area (Å²) in [6.45, 7) is 0. The highest BCUT2D eigenvalue weighted by atomic mass is 16.1. The van der Waals surface area contributed by atoms with Crippen LogP contribution in [0.5, 0.6) is 0 Å². The first-order valence-corrected chi connectivity index (χ1v) is 5.60. The molecule has 0 aliphatic heterocycles. The second kappa shape index (κ2) is 4.07. The molecular formula is C14H11N3O. The molecule has 0 atom stereocenters. The zero-order valence-corrected chi connectivity index (χ0v) is 9.87. The Bertz CT molecular complexity index is 731. The van der Waals surface area contributed by atoms with Gasteiger partial charge < -0.3 is 4.57 Å². The molecule has 0 aliphatic rings. The molecular weight excluding hydrogens is 226 g/mol. The van der Waals surface area contributed by atoms with Gasteiger partial charge in [-0.3, -0.25) is 4.79 Å². The minimum Gasteiger partial charge on any atom is -0.348 e. The number of aromatic nitrogens is 3. The molecule has 0 fully saturated rings. The quantitative estimate of drug-likeness (QED) is 0.643. The number of hydrogen-bond acceptors (Lipinski definition) is 3. The van der Waals surface area contributed by atoms with E-state index >= 15 is 0 Å². The Morgan fingerprint density at radius 3 is 3.00 bits per heavy atom. The minimum atomic E-state index is 0.672. The van der Waals surface area contributed by atoms with Crippen molar-refractivity contribution in [2.24, 2.45) is 7.05 Å². The van der Waals surface area contributed by atoms with Gasteiger partial charge in [0.05, 0.1) is 11.2 Å². The Hall–Kier alpha value is -2.49. The molecule has 3 rings (SSSR count). The zero-order chi connectivity index (χ0) is 12.5. The van der Waals surface area contributed by atoms with Crippen molar-refractivity contribution in [3.05, 3.63) is 48.7 Å². The second-order valence-electron chi connectivity index (χ2n) is 4.14. The number of aldehydes is 1. The number of carbonyl (C=O) groups excluding carboxylic acids is 1. The third kappa shape index (κ3) is 1.59. The second-order valence-corrected chi connectivity index (χ2v) is 4.14. The summed E-state index contributed by atoms with van der Waals surface area (Å²) in [4.78, 5) is 19.3. The number of fused-ring (bicyclic) bond motifs is 1. The van der Waals surface area contributed by atoms with Crippen molar-refractivity contribution in [2.75, 3.05) is 0 Å². The molecule has 2 heterocycles. The number of hydrogen-bond donors (Lipinski definition) is 0. The van der Waals surface area contributed by atoms with Crippen LogP contribution in [-0.2, 0) is 7.05 Å². The fourth-order valence-corrected chi connectivity index (χ4v) is 2.08. The van der Waals surface area contributed by atoms with E-state index < -0.39 is 0 Å². The third-order valence-electron chi connectivity index (χ3n) is 3.05. The summed E-state index contributed by atoms with van der Waals surface area (Å²) in [6.07, 6.45) is 6.06. The zero-order valence-electron chi connectivity index (χ0n) is 9.87. The summed E-state index contributed by atoms with van der Waals surface area (Å²) >= 11 is 0. The average molecular weight is 237 g/mol. The molecule has 2 aromatic heterocycles. The van der Waals surface area contributed by atoms with E-state index in [0.717, 1.165) is 28.3 Å². The maximum atomic E-state index is 11.1. The molecule has 0 bridgehead atoms. The van der Waals surface area contributed by atoms with Crippen LogP contribution in [0.25, 0.3) is 22.0 Å². The number of nitrogens with zero attached hydrogens (tertiary/aromatic N) is 3. The molecule has 0 saturated carbocycles. The van der Waals surface area contributed by atoms with Gasteiger partial charge in [0.15, 0.2) is 6.29 Å². The monoisotopic (exact) mass is 237 g/mol. The molecule has 0 spiro atoms. The summed E-state index contributed by atoms with van der Waals surface area (Å²) in [7, 11) is 1.86. The van der Waals surface area contributed by atoms with E-state index in [2.05, 4.69) is 9.97 Å². The molecule has 0 N–H and O–H groups in total. The van der Waals surface area contributed by atoms with Crippen LogP contribution >= 0.6 is 0 Å². The van der Waals surface area contributed by atoms with Crippen LogP contribution in [0.15, 0.2) is 43.0 Å². The first kappa shape index (κ1) is 10.7. The normalized spacial score (nSPS) is 10.7. The van der Waals surface area contributed by atoms with E-state index in [1.54, 1.807) is 6.20 Å². The van der Waals surface area contributed by atoms with Crippen LogP contribution in [0.2, 0.25) is 0 Å². The number of benzene rings is 1. The van der Waals surface area contributed by atoms with E-state index in [0.29, 0.717) is 5.69 Å². The molecule has 4 nitrogen and oxygen atoms in total. The Morgan fingerprint density at radius 2 is 2.17 bits per heavy atom. The lowest BCUT2D eigenvalue weighted by Crippen LogP contribution is -1.94. The van der Waals surface area contributed by atoms with Gasteiger partial charge >= 0.3 is 0 Å². The summed E-state index contributed by atoms with van der Waals surface area (Å²) in [5, 5.41) is 0.968. The highest BCUT2D eigenvalue weighted by molar-refractivity contribution is 5.90. The molecule has 4 heteroatoms. The van der Waals surface area contributed by atoms with Crippen molar-refractivity contribution >= 4 is 17.2 Å². The molecule has 3 aromatic rings. The third-order valence-corrected chi connectivity index (χ3v) is 3.05. The van der Waals surface area contributed by atoms with E-state index in [4.69, 9.17) is 0 Å². The first-order chi connectivity index (χ1) is 8.79. The number of aryl methyl sites for hydroxylation is 1. The van der Waals surface area contributed by atoms with E-state index in [1.807, 2.05) is 42.1 Å². The maximum absolute atomic E-state index is 11.1. The summed E-state index contributed by atoms with van der Waals surface area (Å²) in [5.74, 6) is 0. The average Bonchev–Trinajstić information content (AvgIpc) is 2.79. The van der Waals surface area contributed by atoms with E-state index in [-0.39, 0.29) is 0 Å². The Balaban J connectivity index is 2.22. The van der Waals surface area contributed by atoms with E-state index in [1.165, 1.54) is 6.33 Å². The van der Waals surface area contributed by atoms with Crippen LogP contribution in [0.4, 0.5) is 0 Å². The van der Waals surface area contributed by atoms with Crippen LogP contribution in [0, 0.1) is 0 Å². The molecule has 0 amide bonds. The largest absolute Gasteiger partial charge is 0.348 e. The summed E-state index contributed by atoms with van der Waals surface area (Å²) < 4.78 is 1.81. The molecule has 0 unspecified atom stereocenters. The van der Waals surface area contributed by atoms with Gasteiger partial charge in [-0.25, -0.2) is 9.97 Å². The van der Waals surface area contributed by atoms with Crippen molar-refractivity contribution in [3.8, 4) is 11.1 Å². The lowest BCUT2D eigenvalue weighted by molar-refractivity contribution is 0.111. The predicted molar refractivity (Wildman–Crippen MR) is 69.3 cm³/mol. The van der Waals surface area contributed by atoms with Crippen LogP contribution in [0.3, 0.4) is 0 Å². The van der Waals surface area contributed by atoms with Crippen LogP contribution in [-0.4, -0.2) is 20.8 Å². The molecule has 0 aliphatic carbocycles. The van der Waals surface area contributed by atoms with Gasteiger partial charge in [-0.2, -0.15) is 0 Å². The lowest BCUT2D eigenvalue weighted by atomic mass is 10.0. The summed E-state index contributed by atoms with van der Waals surface area (Å²) in [6, 6.07) is 7.85. The standard InChI is InChI=1S/C14H11N3O/c1-17-5-4-12(14(17)8-18)10-2-3-13-11(6-10)7-15-9-16-13/h2-9H,1H3. The molecule has 0 radical (unpaired) electrons. The molecule has 1 aromatic carbocycles. The SMILES string of the molecule is Cn1ccc(-c2ccc3ncncc3c2)c1C=O. The smallest absolute Gasteiger partial charge is 0.167 e. The van der Waals surface area contributed by atoms with Gasteiger partial charge in [-0.1, -0.05) is 6.07 Å². The first-order valence-electron chi connectivity index (χ1n) is 5.60. The highest BCUT2D eigenvalue weighted by Crippen LogP contribution is 2.26. The van der Waals surface area contributed by atoms with E-state index in [9.17, 15) is 4.79 Å². The van der Waals surface area contributed by atoms with Crippen LogP contribution in [0.1, 0.15) is 10.5 Å². The van der Waals surface area contributed by atoms with Crippen molar-refractivity contribution in [1.82, 2.24) is 14.5 Å². The molecule has 0 saturated heterocycles. The fraction of sp³-hybridized carbons (Fsp3) is 0.0714. The Morgan fingerprint density at radius 1 is 1.28 bits per heavy atom. The maximum Gasteiger partial charge on any atom is 0.167 e. The van der Waals surface area contributed by atoms with Gasteiger partial charge in [0.2, 0.25) is 0 Å². The van der Waals surface area contributed by atoms with Gasteiger partial charge in [0.1, 0.15) is 6.33 Å². The van der Waals surface area contributed by atoms with Gasteiger partial charge in [-0.05, 0) is 23.8 Å². The Labute approximate surface area is 104 Å². The van der Waals surface area contributed by atoms with Gasteiger partial charge in [-0.15, -0.1) is 0 Å². The van der Waals surface area contributed by atoms with Gasteiger partial charge in [0.25, 0.3) is 0 Å². The van der Waals surface area contributed by atoms with Crippen molar-refractivity contribution < 1.29 is 4.79 Å². The number of carbonyl (C=O) groups is 1. The minimum absolute atomic E-state index is 0.672. The topological polar surface area (TPSA) is 47.8 Å². The van der Waals surface area contributed by atoms with Crippen molar-refractivity contribution in [2.45, 2.75) is 0 Å². The summed E-state index contributed by atoms with van der Waals surface area (Å²) in [5.41, 5.74) is 3.50. The molecule has 18 heavy (non-hydrogen) atoms. The van der Waals surface area contributed by atoms with Crippen molar-refractivity contribution in [1.29, 1.82) is 0 Å². The highest BCUT2D eigenvalue weighted by Gasteiger charge is 2.08. The predicted octanol–water partition coefficient (Wildman–Crippen LogP) is 2.45. The number of rotatable bonds is 2. The fourth-order valence-electron chi connectivity index (χ4n) is 2.08.